The number of benzene rings is 1. The highest BCUT2D eigenvalue weighted by Crippen LogP contribution is 2.32. The van der Waals surface area contributed by atoms with E-state index in [1.54, 1.807) is 23.1 Å². The second-order valence-corrected chi connectivity index (χ2v) is 9.11. The van der Waals surface area contributed by atoms with Crippen molar-refractivity contribution in [2.75, 3.05) is 13.2 Å². The second-order valence-electron chi connectivity index (χ2n) is 7.54. The number of rotatable bonds is 5. The first kappa shape index (κ1) is 18.9. The molecule has 0 spiro atoms. The summed E-state index contributed by atoms with van der Waals surface area (Å²) < 4.78 is 33.7. The summed E-state index contributed by atoms with van der Waals surface area (Å²) in [6, 6.07) is 6.02. The van der Waals surface area contributed by atoms with Crippen molar-refractivity contribution in [1.82, 2.24) is 10.2 Å². The Kier molecular flexibility index (Phi) is 4.86. The number of hydrogen-bond donors (Lipinski definition) is 1. The zero-order valence-corrected chi connectivity index (χ0v) is 16.4. The van der Waals surface area contributed by atoms with Crippen molar-refractivity contribution in [3.05, 3.63) is 29.8 Å². The van der Waals surface area contributed by atoms with Crippen LogP contribution in [0.4, 0.5) is 0 Å². The van der Waals surface area contributed by atoms with Gasteiger partial charge in [-0.3, -0.25) is 4.79 Å². The molecule has 0 unspecified atom stereocenters. The fraction of sp³-hybridized carbons (Fsp3) is 0.526. The maximum Gasteiger partial charge on any atom is 0.329 e. The SMILES string of the molecule is C[C@@H](NC(=O)COC(=O)[C@@H]1CCCN1C1=NS(=O)(=O)c2ccccc21)C1CC1. The van der Waals surface area contributed by atoms with Gasteiger partial charge in [-0.1, -0.05) is 12.1 Å². The quantitative estimate of drug-likeness (QED) is 0.735. The molecule has 2 fully saturated rings. The van der Waals surface area contributed by atoms with E-state index >= 15 is 0 Å². The topological polar surface area (TPSA) is 105 Å². The first-order chi connectivity index (χ1) is 13.4. The molecule has 1 aromatic rings. The molecule has 1 saturated heterocycles. The van der Waals surface area contributed by atoms with Crippen LogP contribution in [0.1, 0.15) is 38.2 Å². The molecule has 2 aliphatic heterocycles. The molecule has 2 heterocycles. The zero-order valence-electron chi connectivity index (χ0n) is 15.6. The number of amidine groups is 1. The summed E-state index contributed by atoms with van der Waals surface area (Å²) in [4.78, 5) is 26.4. The number of nitrogens with zero attached hydrogens (tertiary/aromatic N) is 2. The van der Waals surface area contributed by atoms with Gasteiger partial charge in [0.15, 0.2) is 12.4 Å². The molecular weight excluding hydrogens is 382 g/mol. The number of likely N-dealkylation sites (tertiary alicyclic amines) is 1. The van der Waals surface area contributed by atoms with E-state index in [9.17, 15) is 18.0 Å². The predicted molar refractivity (Wildman–Crippen MR) is 101 cm³/mol. The Bertz CT molecular complexity index is 939. The average Bonchev–Trinajstić information content (AvgIpc) is 3.35. The molecule has 9 heteroatoms. The van der Waals surface area contributed by atoms with Crippen LogP contribution in [-0.2, 0) is 24.3 Å². The van der Waals surface area contributed by atoms with Crippen LogP contribution >= 0.6 is 0 Å². The number of ether oxygens (including phenoxy) is 1. The van der Waals surface area contributed by atoms with Crippen LogP contribution in [0.5, 0.6) is 0 Å². The Labute approximate surface area is 164 Å². The molecule has 1 saturated carbocycles. The molecule has 0 bridgehead atoms. The number of fused-ring (bicyclic) bond motifs is 1. The van der Waals surface area contributed by atoms with Gasteiger partial charge in [-0.05, 0) is 50.7 Å². The summed E-state index contributed by atoms with van der Waals surface area (Å²) in [6.07, 6.45) is 3.47. The van der Waals surface area contributed by atoms with Gasteiger partial charge in [0.1, 0.15) is 10.9 Å². The molecule has 1 aliphatic carbocycles. The molecule has 3 aliphatic rings. The number of sulfonamides is 1. The Morgan fingerprint density at radius 2 is 2.04 bits per heavy atom. The van der Waals surface area contributed by atoms with Crippen LogP contribution < -0.4 is 5.32 Å². The lowest BCUT2D eigenvalue weighted by Gasteiger charge is -2.25. The second kappa shape index (κ2) is 7.20. The highest BCUT2D eigenvalue weighted by Gasteiger charge is 2.40. The highest BCUT2D eigenvalue weighted by molar-refractivity contribution is 7.90. The molecule has 28 heavy (non-hydrogen) atoms. The number of esters is 1. The summed E-state index contributed by atoms with van der Waals surface area (Å²) in [7, 11) is -3.75. The van der Waals surface area contributed by atoms with Crippen molar-refractivity contribution in [2.24, 2.45) is 10.3 Å². The molecule has 4 rings (SSSR count). The van der Waals surface area contributed by atoms with E-state index < -0.39 is 22.0 Å². The van der Waals surface area contributed by atoms with Crippen molar-refractivity contribution in [3.63, 3.8) is 0 Å². The Morgan fingerprint density at radius 3 is 2.79 bits per heavy atom. The number of carbonyl (C=O) groups excluding carboxylic acids is 2. The smallest absolute Gasteiger partial charge is 0.329 e. The lowest BCUT2D eigenvalue weighted by Crippen LogP contribution is -2.43. The lowest BCUT2D eigenvalue weighted by molar-refractivity contribution is -0.152. The largest absolute Gasteiger partial charge is 0.454 e. The molecule has 0 aromatic heterocycles. The van der Waals surface area contributed by atoms with Gasteiger partial charge >= 0.3 is 5.97 Å². The maximum absolute atomic E-state index is 12.6. The Balaban J connectivity index is 1.42. The summed E-state index contributed by atoms with van der Waals surface area (Å²) in [5, 5.41) is 2.85. The average molecular weight is 405 g/mol. The van der Waals surface area contributed by atoms with Gasteiger partial charge < -0.3 is 15.0 Å². The van der Waals surface area contributed by atoms with E-state index in [0.717, 1.165) is 12.8 Å². The molecule has 1 aromatic carbocycles. The monoisotopic (exact) mass is 405 g/mol. The molecule has 1 N–H and O–H groups in total. The summed E-state index contributed by atoms with van der Waals surface area (Å²) in [5.41, 5.74) is 0.498. The predicted octanol–water partition coefficient (Wildman–Crippen LogP) is 1.06. The molecular formula is C19H23N3O5S. The van der Waals surface area contributed by atoms with Crippen LogP contribution in [-0.4, -0.2) is 56.3 Å². The van der Waals surface area contributed by atoms with Gasteiger partial charge in [0.25, 0.3) is 15.9 Å². The van der Waals surface area contributed by atoms with Crippen LogP contribution in [0.15, 0.2) is 33.6 Å². The van der Waals surface area contributed by atoms with E-state index in [-0.39, 0.29) is 29.3 Å². The highest BCUT2D eigenvalue weighted by atomic mass is 32.2. The van der Waals surface area contributed by atoms with Crippen molar-refractivity contribution in [3.8, 4) is 0 Å². The first-order valence-electron chi connectivity index (χ1n) is 9.54. The Morgan fingerprint density at radius 1 is 1.29 bits per heavy atom. The van der Waals surface area contributed by atoms with Crippen molar-refractivity contribution < 1.29 is 22.7 Å². The third kappa shape index (κ3) is 3.63. The van der Waals surface area contributed by atoms with Gasteiger partial charge in [-0.2, -0.15) is 8.42 Å². The summed E-state index contributed by atoms with van der Waals surface area (Å²) in [6.45, 7) is 2.13. The molecule has 0 radical (unpaired) electrons. The van der Waals surface area contributed by atoms with E-state index in [1.807, 2.05) is 6.92 Å². The fourth-order valence-corrected chi connectivity index (χ4v) is 5.02. The molecule has 8 nitrogen and oxygen atoms in total. The van der Waals surface area contributed by atoms with Crippen LogP contribution in [0, 0.1) is 5.92 Å². The molecule has 150 valence electrons. The minimum atomic E-state index is -3.75. The minimum absolute atomic E-state index is 0.0868. The lowest BCUT2D eigenvalue weighted by atomic mass is 10.1. The number of carbonyl (C=O) groups is 2. The zero-order chi connectivity index (χ0) is 19.9. The van der Waals surface area contributed by atoms with E-state index in [2.05, 4.69) is 9.71 Å². The van der Waals surface area contributed by atoms with E-state index in [4.69, 9.17) is 4.74 Å². The van der Waals surface area contributed by atoms with Crippen LogP contribution in [0.25, 0.3) is 0 Å². The van der Waals surface area contributed by atoms with Crippen LogP contribution in [0.2, 0.25) is 0 Å². The van der Waals surface area contributed by atoms with Gasteiger partial charge in [-0.15, -0.1) is 4.40 Å². The molecule has 1 amide bonds. The van der Waals surface area contributed by atoms with Gasteiger partial charge in [-0.25, -0.2) is 4.79 Å². The summed E-state index contributed by atoms with van der Waals surface area (Å²) >= 11 is 0. The van der Waals surface area contributed by atoms with Crippen molar-refractivity contribution in [2.45, 2.75) is 49.6 Å². The van der Waals surface area contributed by atoms with Crippen LogP contribution in [0.3, 0.4) is 0 Å². The molecule has 2 atom stereocenters. The van der Waals surface area contributed by atoms with E-state index in [0.29, 0.717) is 30.9 Å². The summed E-state index contributed by atoms with van der Waals surface area (Å²) in [5.74, 6) is -0.0474. The first-order valence-corrected chi connectivity index (χ1v) is 11.0. The maximum atomic E-state index is 12.6. The Hall–Kier alpha value is -2.42. The third-order valence-electron chi connectivity index (χ3n) is 5.47. The van der Waals surface area contributed by atoms with Gasteiger partial charge in [0.2, 0.25) is 0 Å². The third-order valence-corrected chi connectivity index (χ3v) is 6.80. The minimum Gasteiger partial charge on any atom is -0.454 e. The number of nitrogens with one attached hydrogen (secondary N) is 1. The standard InChI is InChI=1S/C19H23N3O5S/c1-12(13-8-9-13)20-17(23)11-27-19(24)15-6-4-10-22(15)18-14-5-2-3-7-16(14)28(25,26)21-18/h2-3,5,7,12-13,15H,4,6,8-11H2,1H3,(H,20,23)/t12-,15+/m1/s1. The van der Waals surface area contributed by atoms with E-state index in [1.165, 1.54) is 6.07 Å². The fourth-order valence-electron chi connectivity index (χ4n) is 3.80. The van der Waals surface area contributed by atoms with Crippen molar-refractivity contribution >= 4 is 27.7 Å². The van der Waals surface area contributed by atoms with Crippen molar-refractivity contribution in [1.29, 1.82) is 0 Å². The number of amides is 1. The number of hydrogen-bond acceptors (Lipinski definition) is 6. The normalized spacial score (nSPS) is 23.7. The van der Waals surface area contributed by atoms with Gasteiger partial charge in [0.05, 0.1) is 0 Å². The van der Waals surface area contributed by atoms with Gasteiger partial charge in [0, 0.05) is 18.2 Å².